The van der Waals surface area contributed by atoms with Crippen LogP contribution in [0.4, 0.5) is 11.4 Å². The Bertz CT molecular complexity index is 867. The van der Waals surface area contributed by atoms with Crippen LogP contribution in [0.2, 0.25) is 0 Å². The lowest BCUT2D eigenvalue weighted by Gasteiger charge is -2.29. The molecule has 0 aromatic heterocycles. The molecule has 2 unspecified atom stereocenters. The van der Waals surface area contributed by atoms with Crippen molar-refractivity contribution < 1.29 is 38.1 Å². The maximum absolute atomic E-state index is 12.6. The summed E-state index contributed by atoms with van der Waals surface area (Å²) < 4.78 is 21.5. The van der Waals surface area contributed by atoms with E-state index in [0.29, 0.717) is 26.0 Å². The molecule has 1 saturated heterocycles. The zero-order chi connectivity index (χ0) is 25.3. The average Bonchev–Trinajstić information content (AvgIpc) is 2.76. The third-order valence-corrected chi connectivity index (χ3v) is 4.92. The lowest BCUT2D eigenvalue weighted by molar-refractivity contribution is -0.185. The number of hydrogen-bond donors (Lipinski definition) is 0. The van der Waals surface area contributed by atoms with Gasteiger partial charge in [-0.3, -0.25) is 9.59 Å². The minimum Gasteiger partial charge on any atom is -0.457 e. The number of ether oxygens (including phenoxy) is 4. The van der Waals surface area contributed by atoms with Gasteiger partial charge in [-0.2, -0.15) is 0 Å². The van der Waals surface area contributed by atoms with Crippen molar-refractivity contribution in [3.8, 4) is 0 Å². The smallest absolute Gasteiger partial charge is 0.350 e. The largest absolute Gasteiger partial charge is 0.457 e. The molecule has 188 valence electrons. The fourth-order valence-corrected chi connectivity index (χ4v) is 3.35. The van der Waals surface area contributed by atoms with E-state index in [0.717, 1.165) is 11.4 Å². The summed E-state index contributed by atoms with van der Waals surface area (Å²) in [5.41, 5.74) is 0.835. The Kier molecular flexibility index (Phi) is 10.0. The highest BCUT2D eigenvalue weighted by molar-refractivity contribution is 5.95. The summed E-state index contributed by atoms with van der Waals surface area (Å²) in [5.74, 6) is -1.54. The topological polar surface area (TPSA) is 112 Å². The summed E-state index contributed by atoms with van der Waals surface area (Å²) in [5, 5.41) is 0. The quantitative estimate of drug-likeness (QED) is 0.347. The van der Waals surface area contributed by atoms with E-state index in [9.17, 15) is 19.2 Å². The Labute approximate surface area is 200 Å². The number of amides is 1. The monoisotopic (exact) mass is 478 g/mol. The van der Waals surface area contributed by atoms with Gasteiger partial charge in [0, 0.05) is 44.9 Å². The van der Waals surface area contributed by atoms with Gasteiger partial charge in [0.2, 0.25) is 6.10 Å². The lowest BCUT2D eigenvalue weighted by Crippen LogP contribution is -2.44. The van der Waals surface area contributed by atoms with Gasteiger partial charge in [-0.25, -0.2) is 4.79 Å². The number of carbonyl (C=O) groups is 4. The van der Waals surface area contributed by atoms with Crippen LogP contribution in [0.15, 0.2) is 24.3 Å². The van der Waals surface area contributed by atoms with Crippen LogP contribution in [-0.4, -0.2) is 81.9 Å². The van der Waals surface area contributed by atoms with Gasteiger partial charge in [-0.05, 0) is 39.0 Å². The Hall–Kier alpha value is -2.98. The SMILES string of the molecule is CC(=O)OC(C(=O)OC(C)(C)C)C(CC=O)OCCN(C)c1cccc(N2CCOCC2=O)c1. The number of anilines is 2. The fraction of sp³-hybridized carbons (Fsp3) is 0.583. The zero-order valence-corrected chi connectivity index (χ0v) is 20.4. The van der Waals surface area contributed by atoms with Crippen LogP contribution < -0.4 is 9.80 Å². The molecule has 0 aliphatic carbocycles. The fourth-order valence-electron chi connectivity index (χ4n) is 3.35. The van der Waals surface area contributed by atoms with E-state index in [1.54, 1.807) is 25.7 Å². The number of carbonyl (C=O) groups excluding carboxylic acids is 4. The van der Waals surface area contributed by atoms with Crippen molar-refractivity contribution in [2.45, 2.75) is 51.9 Å². The molecule has 0 saturated carbocycles. The van der Waals surface area contributed by atoms with Crippen LogP contribution >= 0.6 is 0 Å². The number of benzene rings is 1. The molecule has 1 fully saturated rings. The number of rotatable bonds is 11. The second kappa shape index (κ2) is 12.5. The summed E-state index contributed by atoms with van der Waals surface area (Å²) in [6, 6.07) is 7.52. The van der Waals surface area contributed by atoms with Crippen LogP contribution in [-0.2, 0) is 38.1 Å². The molecule has 2 atom stereocenters. The molecule has 0 N–H and O–H groups in total. The van der Waals surface area contributed by atoms with E-state index < -0.39 is 29.7 Å². The van der Waals surface area contributed by atoms with Gasteiger partial charge in [0.15, 0.2) is 0 Å². The number of aldehydes is 1. The molecule has 1 aromatic carbocycles. The van der Waals surface area contributed by atoms with Gasteiger partial charge in [-0.15, -0.1) is 0 Å². The third kappa shape index (κ3) is 8.42. The lowest BCUT2D eigenvalue weighted by atomic mass is 10.1. The van der Waals surface area contributed by atoms with Crippen molar-refractivity contribution in [1.82, 2.24) is 0 Å². The Morgan fingerprint density at radius 3 is 2.65 bits per heavy atom. The molecule has 1 aliphatic rings. The van der Waals surface area contributed by atoms with Crippen molar-refractivity contribution in [1.29, 1.82) is 0 Å². The number of nitrogens with zero attached hydrogens (tertiary/aromatic N) is 2. The minimum atomic E-state index is -1.36. The summed E-state index contributed by atoms with van der Waals surface area (Å²) in [4.78, 5) is 51.1. The van der Waals surface area contributed by atoms with E-state index in [1.807, 2.05) is 36.2 Å². The predicted molar refractivity (Wildman–Crippen MR) is 125 cm³/mol. The van der Waals surface area contributed by atoms with Gasteiger partial charge in [0.05, 0.1) is 13.2 Å². The molecule has 34 heavy (non-hydrogen) atoms. The van der Waals surface area contributed by atoms with Gasteiger partial charge in [0.25, 0.3) is 5.91 Å². The third-order valence-electron chi connectivity index (χ3n) is 4.92. The standard InChI is InChI=1S/C24H34N2O8/c1-17(28)33-22(23(30)34-24(2,3)4)20(9-12-27)32-14-10-25(5)18-7-6-8-19(15-18)26-11-13-31-16-21(26)29/h6-8,12,15,20,22H,9-11,13-14,16H2,1-5H3. The van der Waals surface area contributed by atoms with E-state index in [-0.39, 0.29) is 25.5 Å². The van der Waals surface area contributed by atoms with E-state index >= 15 is 0 Å². The molecule has 1 heterocycles. The van der Waals surface area contributed by atoms with Crippen molar-refractivity contribution in [3.63, 3.8) is 0 Å². The van der Waals surface area contributed by atoms with Crippen LogP contribution in [0.1, 0.15) is 34.1 Å². The van der Waals surface area contributed by atoms with Gasteiger partial charge >= 0.3 is 11.9 Å². The number of morpholine rings is 1. The molecule has 1 aliphatic heterocycles. The van der Waals surface area contributed by atoms with Crippen molar-refractivity contribution in [2.75, 3.05) is 49.8 Å². The molecule has 0 bridgehead atoms. The van der Waals surface area contributed by atoms with Crippen LogP contribution in [0, 0.1) is 0 Å². The van der Waals surface area contributed by atoms with Crippen LogP contribution in [0.3, 0.4) is 0 Å². The Balaban J connectivity index is 2.04. The molecule has 2 rings (SSSR count). The first-order valence-electron chi connectivity index (χ1n) is 11.2. The summed E-state index contributed by atoms with van der Waals surface area (Å²) in [7, 11) is 1.86. The number of esters is 2. The predicted octanol–water partition coefficient (Wildman–Crippen LogP) is 1.73. The van der Waals surface area contributed by atoms with Crippen LogP contribution in [0.25, 0.3) is 0 Å². The van der Waals surface area contributed by atoms with Crippen molar-refractivity contribution in [2.24, 2.45) is 0 Å². The maximum atomic E-state index is 12.6. The summed E-state index contributed by atoms with van der Waals surface area (Å²) in [6.45, 7) is 7.86. The minimum absolute atomic E-state index is 0.0627. The number of likely N-dealkylation sites (N-methyl/N-ethyl adjacent to an activating group) is 1. The molecular weight excluding hydrogens is 444 g/mol. The van der Waals surface area contributed by atoms with Gasteiger partial charge < -0.3 is 33.5 Å². The Morgan fingerprint density at radius 2 is 2.03 bits per heavy atom. The van der Waals surface area contributed by atoms with Crippen molar-refractivity contribution >= 4 is 35.5 Å². The zero-order valence-electron chi connectivity index (χ0n) is 20.4. The number of hydrogen-bond acceptors (Lipinski definition) is 9. The first kappa shape index (κ1) is 27.3. The van der Waals surface area contributed by atoms with Crippen LogP contribution in [0.5, 0.6) is 0 Å². The molecule has 10 heteroatoms. The van der Waals surface area contributed by atoms with E-state index in [4.69, 9.17) is 18.9 Å². The van der Waals surface area contributed by atoms with Gasteiger partial charge in [0.1, 0.15) is 24.6 Å². The highest BCUT2D eigenvalue weighted by Crippen LogP contribution is 2.23. The van der Waals surface area contributed by atoms with E-state index in [1.165, 1.54) is 6.92 Å². The van der Waals surface area contributed by atoms with E-state index in [2.05, 4.69) is 0 Å². The van der Waals surface area contributed by atoms with Gasteiger partial charge in [-0.1, -0.05) is 6.07 Å². The molecule has 0 radical (unpaired) electrons. The highest BCUT2D eigenvalue weighted by atomic mass is 16.6. The molecule has 10 nitrogen and oxygen atoms in total. The normalized spacial score (nSPS) is 15.9. The molecule has 1 aromatic rings. The first-order chi connectivity index (χ1) is 16.0. The second-order valence-corrected chi connectivity index (χ2v) is 8.91. The Morgan fingerprint density at radius 1 is 1.29 bits per heavy atom. The first-order valence-corrected chi connectivity index (χ1v) is 11.2. The average molecular weight is 479 g/mol. The second-order valence-electron chi connectivity index (χ2n) is 8.91. The molecular formula is C24H34N2O8. The highest BCUT2D eigenvalue weighted by Gasteiger charge is 2.35. The molecule has 1 amide bonds. The summed E-state index contributed by atoms with van der Waals surface area (Å²) >= 11 is 0. The van der Waals surface area contributed by atoms with Crippen molar-refractivity contribution in [3.05, 3.63) is 24.3 Å². The molecule has 0 spiro atoms. The summed E-state index contributed by atoms with van der Waals surface area (Å²) in [6.07, 6.45) is -1.88. The maximum Gasteiger partial charge on any atom is 0.350 e.